The summed E-state index contributed by atoms with van der Waals surface area (Å²) in [4.78, 5) is 9.27. The summed E-state index contributed by atoms with van der Waals surface area (Å²) in [5.41, 5.74) is 7.55. The van der Waals surface area contributed by atoms with Gasteiger partial charge in [-0.15, -0.1) is 0 Å². The van der Waals surface area contributed by atoms with Crippen molar-refractivity contribution in [2.45, 2.75) is 58.3 Å². The zero-order chi connectivity index (χ0) is 14.4. The van der Waals surface area contributed by atoms with E-state index in [-0.39, 0.29) is 0 Å². The maximum absolute atomic E-state index is 5.79. The molecule has 0 radical (unpaired) electrons. The Morgan fingerprint density at radius 2 is 2.00 bits per heavy atom. The lowest BCUT2D eigenvalue weighted by atomic mass is 9.97. The van der Waals surface area contributed by atoms with Crippen molar-refractivity contribution in [1.82, 2.24) is 9.97 Å². The first-order chi connectivity index (χ1) is 9.74. The molecule has 3 heteroatoms. The minimum absolute atomic E-state index is 0.480. The summed E-state index contributed by atoms with van der Waals surface area (Å²) < 4.78 is 0. The molecule has 2 N–H and O–H groups in total. The molecule has 20 heavy (non-hydrogen) atoms. The number of nitrogens with two attached hydrogens (primary N) is 1. The number of rotatable bonds is 7. The first kappa shape index (κ1) is 14.8. The molecule has 0 aliphatic heterocycles. The van der Waals surface area contributed by atoms with E-state index < -0.39 is 0 Å². The number of fused-ring (bicyclic) bond motifs is 1. The molecular weight excluding hydrogens is 246 g/mol. The number of unbranched alkanes of at least 4 members (excludes halogenated alkanes) is 3. The fourth-order valence-electron chi connectivity index (χ4n) is 2.60. The predicted octanol–water partition coefficient (Wildman–Crippen LogP) is 4.68. The Hall–Kier alpha value is -1.64. The van der Waals surface area contributed by atoms with Gasteiger partial charge in [0.2, 0.25) is 0 Å². The van der Waals surface area contributed by atoms with Gasteiger partial charge in [-0.1, -0.05) is 39.5 Å². The van der Waals surface area contributed by atoms with Crippen LogP contribution in [0.25, 0.3) is 10.9 Å². The fourth-order valence-corrected chi connectivity index (χ4v) is 2.60. The number of hydrogen-bond acceptors (Lipinski definition) is 3. The number of anilines is 1. The highest BCUT2D eigenvalue weighted by Crippen LogP contribution is 2.25. The van der Waals surface area contributed by atoms with Gasteiger partial charge in [-0.05, 0) is 31.0 Å². The van der Waals surface area contributed by atoms with E-state index in [9.17, 15) is 0 Å². The van der Waals surface area contributed by atoms with Gasteiger partial charge in [0.1, 0.15) is 5.82 Å². The van der Waals surface area contributed by atoms with E-state index in [2.05, 4.69) is 18.8 Å². The van der Waals surface area contributed by atoms with Gasteiger partial charge in [0.15, 0.2) is 0 Å². The Bertz CT molecular complexity index is 551. The molecular formula is C17H25N3. The summed E-state index contributed by atoms with van der Waals surface area (Å²) in [6.45, 7) is 4.47. The summed E-state index contributed by atoms with van der Waals surface area (Å²) in [7, 11) is 0. The monoisotopic (exact) mass is 271 g/mol. The fraction of sp³-hybridized carbons (Fsp3) is 0.529. The molecule has 1 aromatic heterocycles. The van der Waals surface area contributed by atoms with Crippen molar-refractivity contribution in [3.8, 4) is 0 Å². The molecule has 0 fully saturated rings. The number of nitrogens with zero attached hydrogens (tertiary/aromatic N) is 2. The van der Waals surface area contributed by atoms with Crippen LogP contribution >= 0.6 is 0 Å². The molecule has 1 unspecified atom stereocenters. The highest BCUT2D eigenvalue weighted by molar-refractivity contribution is 5.81. The van der Waals surface area contributed by atoms with Crippen molar-refractivity contribution in [2.75, 3.05) is 5.73 Å². The maximum Gasteiger partial charge on any atom is 0.132 e. The second-order valence-corrected chi connectivity index (χ2v) is 5.50. The van der Waals surface area contributed by atoms with E-state index in [1.54, 1.807) is 0 Å². The molecule has 0 bridgehead atoms. The topological polar surface area (TPSA) is 51.8 Å². The van der Waals surface area contributed by atoms with Gasteiger partial charge >= 0.3 is 0 Å². The molecule has 0 aliphatic rings. The molecule has 108 valence electrons. The zero-order valence-electron chi connectivity index (χ0n) is 12.6. The minimum atomic E-state index is 0.480. The molecule has 1 heterocycles. The Morgan fingerprint density at radius 1 is 1.15 bits per heavy atom. The van der Waals surface area contributed by atoms with Gasteiger partial charge in [-0.3, -0.25) is 0 Å². The number of hydrogen-bond donors (Lipinski definition) is 1. The van der Waals surface area contributed by atoms with Gasteiger partial charge in [0, 0.05) is 23.2 Å². The predicted molar refractivity (Wildman–Crippen MR) is 85.7 cm³/mol. The lowest BCUT2D eigenvalue weighted by Gasteiger charge is -2.13. The van der Waals surface area contributed by atoms with Crippen LogP contribution in [0.1, 0.15) is 64.1 Å². The molecule has 0 saturated heterocycles. The van der Waals surface area contributed by atoms with E-state index in [0.717, 1.165) is 28.8 Å². The highest BCUT2D eigenvalue weighted by atomic mass is 14.9. The van der Waals surface area contributed by atoms with Crippen LogP contribution in [0.15, 0.2) is 24.4 Å². The van der Waals surface area contributed by atoms with Crippen molar-refractivity contribution < 1.29 is 0 Å². The van der Waals surface area contributed by atoms with Crippen LogP contribution in [0.4, 0.5) is 5.69 Å². The Balaban J connectivity index is 2.11. The van der Waals surface area contributed by atoms with Crippen molar-refractivity contribution in [3.05, 3.63) is 30.2 Å². The summed E-state index contributed by atoms with van der Waals surface area (Å²) in [5.74, 6) is 1.47. The molecule has 3 nitrogen and oxygen atoms in total. The van der Waals surface area contributed by atoms with Crippen LogP contribution in [-0.4, -0.2) is 9.97 Å². The van der Waals surface area contributed by atoms with Gasteiger partial charge in [-0.2, -0.15) is 0 Å². The van der Waals surface area contributed by atoms with Crippen molar-refractivity contribution in [1.29, 1.82) is 0 Å². The lowest BCUT2D eigenvalue weighted by molar-refractivity contribution is 0.524. The van der Waals surface area contributed by atoms with Crippen molar-refractivity contribution in [3.63, 3.8) is 0 Å². The van der Waals surface area contributed by atoms with Crippen molar-refractivity contribution >= 4 is 16.6 Å². The second-order valence-electron chi connectivity index (χ2n) is 5.50. The van der Waals surface area contributed by atoms with Gasteiger partial charge < -0.3 is 5.73 Å². The van der Waals surface area contributed by atoms with Crippen LogP contribution in [0, 0.1) is 0 Å². The van der Waals surface area contributed by atoms with E-state index in [4.69, 9.17) is 10.7 Å². The van der Waals surface area contributed by atoms with Crippen LogP contribution < -0.4 is 5.73 Å². The smallest absolute Gasteiger partial charge is 0.132 e. The highest BCUT2D eigenvalue weighted by Gasteiger charge is 2.12. The molecule has 0 amide bonds. The normalized spacial score (nSPS) is 12.7. The minimum Gasteiger partial charge on any atom is -0.399 e. The second kappa shape index (κ2) is 7.22. The van der Waals surface area contributed by atoms with Gasteiger partial charge in [0.05, 0.1) is 5.52 Å². The van der Waals surface area contributed by atoms with E-state index in [1.807, 2.05) is 24.4 Å². The van der Waals surface area contributed by atoms with Crippen LogP contribution in [-0.2, 0) is 0 Å². The SMILES string of the molecule is CCCCCCC(CC)c1ncc2cc(N)ccc2n1. The maximum atomic E-state index is 5.79. The van der Waals surface area contributed by atoms with E-state index >= 15 is 0 Å². The molecule has 0 spiro atoms. The third kappa shape index (κ3) is 3.69. The zero-order valence-corrected chi connectivity index (χ0v) is 12.6. The Morgan fingerprint density at radius 3 is 2.75 bits per heavy atom. The molecule has 0 saturated carbocycles. The summed E-state index contributed by atoms with van der Waals surface area (Å²) in [5, 5.41) is 1.02. The molecule has 2 aromatic rings. The van der Waals surface area contributed by atoms with E-state index in [0.29, 0.717) is 5.92 Å². The van der Waals surface area contributed by atoms with Crippen LogP contribution in [0.5, 0.6) is 0 Å². The molecule has 1 aromatic carbocycles. The first-order valence-corrected chi connectivity index (χ1v) is 7.76. The third-order valence-electron chi connectivity index (χ3n) is 3.89. The Kier molecular flexibility index (Phi) is 5.33. The van der Waals surface area contributed by atoms with Gasteiger partial charge in [-0.25, -0.2) is 9.97 Å². The molecule has 1 atom stereocenters. The average Bonchev–Trinajstić information content (AvgIpc) is 2.47. The Labute approximate surface area is 121 Å². The average molecular weight is 271 g/mol. The number of nitrogen functional groups attached to an aromatic ring is 1. The largest absolute Gasteiger partial charge is 0.399 e. The standard InChI is InChI=1S/C17H25N3/c1-3-5-6-7-8-13(4-2)17-19-12-14-11-15(18)9-10-16(14)20-17/h9-13H,3-8,18H2,1-2H3. The van der Waals surface area contributed by atoms with Gasteiger partial charge in [0.25, 0.3) is 0 Å². The number of benzene rings is 1. The van der Waals surface area contributed by atoms with Crippen molar-refractivity contribution in [2.24, 2.45) is 0 Å². The van der Waals surface area contributed by atoms with Crippen LogP contribution in [0.3, 0.4) is 0 Å². The van der Waals surface area contributed by atoms with E-state index in [1.165, 1.54) is 32.1 Å². The first-order valence-electron chi connectivity index (χ1n) is 7.76. The quantitative estimate of drug-likeness (QED) is 0.588. The lowest BCUT2D eigenvalue weighted by Crippen LogP contribution is -2.04. The third-order valence-corrected chi connectivity index (χ3v) is 3.89. The van der Waals surface area contributed by atoms with Crippen LogP contribution in [0.2, 0.25) is 0 Å². The summed E-state index contributed by atoms with van der Waals surface area (Å²) >= 11 is 0. The summed E-state index contributed by atoms with van der Waals surface area (Å²) in [6.07, 6.45) is 9.40. The number of aromatic nitrogens is 2. The molecule has 0 aliphatic carbocycles. The molecule has 2 rings (SSSR count). The summed E-state index contributed by atoms with van der Waals surface area (Å²) in [6, 6.07) is 5.82.